The topological polar surface area (TPSA) is 49.3 Å². The third-order valence-corrected chi connectivity index (χ3v) is 4.12. The number of carbonyl (C=O) groups is 1. The second-order valence-electron chi connectivity index (χ2n) is 6.22. The Hall–Kier alpha value is -2.39. The molecule has 2 aromatic carbocycles. The van der Waals surface area contributed by atoms with Crippen LogP contribution in [-0.2, 0) is 4.79 Å². The zero-order chi connectivity index (χ0) is 16.9. The zero-order valence-electron chi connectivity index (χ0n) is 13.6. The molecule has 0 saturated heterocycles. The molecule has 0 aliphatic heterocycles. The number of rotatable bonds is 7. The van der Waals surface area contributed by atoms with Gasteiger partial charge in [0.05, 0.1) is 6.04 Å². The van der Waals surface area contributed by atoms with E-state index in [0.717, 1.165) is 11.1 Å². The summed E-state index contributed by atoms with van der Waals surface area (Å²) in [6.45, 7) is 7.53. The molecule has 2 N–H and O–H groups in total. The van der Waals surface area contributed by atoms with Crippen LogP contribution in [0.1, 0.15) is 31.0 Å². The molecule has 0 aliphatic carbocycles. The molecule has 2 aromatic rings. The molecule has 0 fully saturated rings. The van der Waals surface area contributed by atoms with E-state index in [2.05, 4.69) is 11.9 Å². The number of carboxylic acids is 1. The maximum Gasteiger partial charge on any atom is 0.321 e. The highest BCUT2D eigenvalue weighted by Gasteiger charge is 2.35. The first-order chi connectivity index (χ1) is 11.0. The fraction of sp³-hybridized carbons (Fsp3) is 0.250. The van der Waals surface area contributed by atoms with Gasteiger partial charge in [0, 0.05) is 5.41 Å². The van der Waals surface area contributed by atoms with E-state index in [9.17, 15) is 9.90 Å². The van der Waals surface area contributed by atoms with Gasteiger partial charge in [-0.25, -0.2) is 0 Å². The Kier molecular flexibility index (Phi) is 5.35. The van der Waals surface area contributed by atoms with E-state index >= 15 is 0 Å². The maximum absolute atomic E-state index is 11.8. The Labute approximate surface area is 137 Å². The van der Waals surface area contributed by atoms with Crippen LogP contribution in [0.25, 0.3) is 0 Å². The van der Waals surface area contributed by atoms with E-state index in [0.29, 0.717) is 0 Å². The number of carboxylic acid groups (broad SMARTS) is 1. The third kappa shape index (κ3) is 4.08. The fourth-order valence-electron chi connectivity index (χ4n) is 2.56. The monoisotopic (exact) mass is 309 g/mol. The molecule has 3 heteroatoms. The second kappa shape index (κ2) is 7.25. The maximum atomic E-state index is 11.8. The highest BCUT2D eigenvalue weighted by atomic mass is 16.4. The highest BCUT2D eigenvalue weighted by Crippen LogP contribution is 2.28. The van der Waals surface area contributed by atoms with Gasteiger partial charge in [0.2, 0.25) is 0 Å². The molecular weight excluding hydrogens is 286 g/mol. The molecule has 0 radical (unpaired) electrons. The van der Waals surface area contributed by atoms with Crippen molar-refractivity contribution in [2.45, 2.75) is 25.9 Å². The van der Waals surface area contributed by atoms with Crippen molar-refractivity contribution in [2.75, 3.05) is 0 Å². The predicted molar refractivity (Wildman–Crippen MR) is 93.3 cm³/mol. The van der Waals surface area contributed by atoms with Crippen molar-refractivity contribution in [3.8, 4) is 0 Å². The fourth-order valence-corrected chi connectivity index (χ4v) is 2.56. The van der Waals surface area contributed by atoms with Crippen molar-refractivity contribution in [1.29, 1.82) is 0 Å². The van der Waals surface area contributed by atoms with Gasteiger partial charge in [-0.05, 0) is 11.1 Å². The van der Waals surface area contributed by atoms with Crippen LogP contribution in [0, 0.1) is 5.41 Å². The summed E-state index contributed by atoms with van der Waals surface area (Å²) in [5.41, 5.74) is 1.49. The van der Waals surface area contributed by atoms with Gasteiger partial charge in [0.25, 0.3) is 0 Å². The van der Waals surface area contributed by atoms with Gasteiger partial charge in [0.15, 0.2) is 0 Å². The molecule has 0 spiro atoms. The van der Waals surface area contributed by atoms with Gasteiger partial charge in [-0.3, -0.25) is 10.1 Å². The molecule has 0 aromatic heterocycles. The van der Waals surface area contributed by atoms with Crippen LogP contribution in [0.5, 0.6) is 0 Å². The van der Waals surface area contributed by atoms with Crippen LogP contribution in [0.4, 0.5) is 0 Å². The van der Waals surface area contributed by atoms with Gasteiger partial charge in [-0.2, -0.15) is 0 Å². The van der Waals surface area contributed by atoms with Crippen molar-refractivity contribution in [2.24, 2.45) is 5.41 Å². The van der Waals surface area contributed by atoms with Crippen LogP contribution in [-0.4, -0.2) is 17.1 Å². The average Bonchev–Trinajstić information content (AvgIpc) is 2.56. The Morgan fingerprint density at radius 3 is 1.83 bits per heavy atom. The Bertz CT molecular complexity index is 610. The molecule has 0 saturated carbocycles. The zero-order valence-corrected chi connectivity index (χ0v) is 13.6. The Balaban J connectivity index is 2.42. The van der Waals surface area contributed by atoms with Gasteiger partial charge in [0.1, 0.15) is 6.04 Å². The van der Waals surface area contributed by atoms with Crippen LogP contribution < -0.4 is 5.32 Å². The van der Waals surface area contributed by atoms with Crippen LogP contribution in [0.3, 0.4) is 0 Å². The summed E-state index contributed by atoms with van der Waals surface area (Å²) in [6.07, 6.45) is 1.69. The second-order valence-corrected chi connectivity index (χ2v) is 6.22. The molecule has 3 nitrogen and oxygen atoms in total. The van der Waals surface area contributed by atoms with Crippen LogP contribution in [0.15, 0.2) is 73.3 Å². The minimum Gasteiger partial charge on any atom is -0.480 e. The Morgan fingerprint density at radius 1 is 1.04 bits per heavy atom. The van der Waals surface area contributed by atoms with E-state index in [1.807, 2.05) is 74.5 Å². The molecule has 1 atom stereocenters. The average molecular weight is 309 g/mol. The summed E-state index contributed by atoms with van der Waals surface area (Å²) >= 11 is 0. The first kappa shape index (κ1) is 17.0. The van der Waals surface area contributed by atoms with Gasteiger partial charge in [-0.15, -0.1) is 6.58 Å². The molecule has 2 rings (SSSR count). The molecule has 120 valence electrons. The van der Waals surface area contributed by atoms with Crippen molar-refractivity contribution in [3.63, 3.8) is 0 Å². The quantitative estimate of drug-likeness (QED) is 0.759. The van der Waals surface area contributed by atoms with Crippen molar-refractivity contribution >= 4 is 5.97 Å². The highest BCUT2D eigenvalue weighted by molar-refractivity contribution is 5.75. The van der Waals surface area contributed by atoms with Crippen LogP contribution >= 0.6 is 0 Å². The minimum absolute atomic E-state index is 0.197. The molecule has 0 heterocycles. The van der Waals surface area contributed by atoms with E-state index in [-0.39, 0.29) is 6.04 Å². The summed E-state index contributed by atoms with van der Waals surface area (Å²) in [7, 11) is 0. The van der Waals surface area contributed by atoms with Crippen molar-refractivity contribution in [3.05, 3.63) is 84.4 Å². The number of benzene rings is 2. The lowest BCUT2D eigenvalue weighted by Gasteiger charge is -2.33. The standard InChI is InChI=1S/C20H23NO2/c1-4-20(2,3)18(19(22)23)21-17(15-11-7-5-8-12-15)16-13-9-6-10-14-16/h4-14,17-18,21H,1H2,2-3H3,(H,22,23). The summed E-state index contributed by atoms with van der Waals surface area (Å²) in [5.74, 6) is -0.883. The summed E-state index contributed by atoms with van der Waals surface area (Å²) in [4.78, 5) is 11.8. The third-order valence-electron chi connectivity index (χ3n) is 4.12. The van der Waals surface area contributed by atoms with E-state index in [1.54, 1.807) is 6.08 Å². The lowest BCUT2D eigenvalue weighted by molar-refractivity contribution is -0.142. The molecule has 23 heavy (non-hydrogen) atoms. The summed E-state index contributed by atoms with van der Waals surface area (Å²) in [6, 6.07) is 18.8. The lowest BCUT2D eigenvalue weighted by atomic mass is 9.83. The van der Waals surface area contributed by atoms with Gasteiger partial charge < -0.3 is 5.11 Å². The molecule has 0 aliphatic rings. The first-order valence-electron chi connectivity index (χ1n) is 7.68. The number of hydrogen-bond donors (Lipinski definition) is 2. The normalized spacial score (nSPS) is 12.8. The van der Waals surface area contributed by atoms with Crippen molar-refractivity contribution < 1.29 is 9.90 Å². The summed E-state index contributed by atoms with van der Waals surface area (Å²) in [5, 5.41) is 13.0. The van der Waals surface area contributed by atoms with E-state index < -0.39 is 17.4 Å². The van der Waals surface area contributed by atoms with E-state index in [1.165, 1.54) is 0 Å². The largest absolute Gasteiger partial charge is 0.480 e. The smallest absolute Gasteiger partial charge is 0.321 e. The van der Waals surface area contributed by atoms with E-state index in [4.69, 9.17) is 0 Å². The van der Waals surface area contributed by atoms with Crippen LogP contribution in [0.2, 0.25) is 0 Å². The Morgan fingerprint density at radius 2 is 1.48 bits per heavy atom. The molecular formula is C20H23NO2. The van der Waals surface area contributed by atoms with Gasteiger partial charge in [-0.1, -0.05) is 80.6 Å². The SMILES string of the molecule is C=CC(C)(C)C(NC(c1ccccc1)c1ccccc1)C(=O)O. The predicted octanol–water partition coefficient (Wildman–Crippen LogP) is 4.03. The first-order valence-corrected chi connectivity index (χ1v) is 7.68. The van der Waals surface area contributed by atoms with Crippen molar-refractivity contribution in [1.82, 2.24) is 5.32 Å². The molecule has 0 bridgehead atoms. The lowest BCUT2D eigenvalue weighted by Crippen LogP contribution is -2.48. The number of aliphatic carboxylic acids is 1. The molecule has 0 amide bonds. The minimum atomic E-state index is -0.883. The number of hydrogen-bond acceptors (Lipinski definition) is 2. The number of nitrogens with one attached hydrogen (secondary N) is 1. The summed E-state index contributed by atoms with van der Waals surface area (Å²) < 4.78 is 0. The van der Waals surface area contributed by atoms with Gasteiger partial charge >= 0.3 is 5.97 Å². The molecule has 1 unspecified atom stereocenters.